The van der Waals surface area contributed by atoms with Gasteiger partial charge in [-0.15, -0.1) is 0 Å². The van der Waals surface area contributed by atoms with Crippen molar-refractivity contribution in [3.8, 4) is 11.3 Å². The number of hydrogen-bond donors (Lipinski definition) is 0. The van der Waals surface area contributed by atoms with Crippen molar-refractivity contribution in [2.75, 3.05) is 0 Å². The van der Waals surface area contributed by atoms with Gasteiger partial charge < -0.3 is 4.42 Å². The molecular formula is C25H21Cl2N3O2. The zero-order valence-electron chi connectivity index (χ0n) is 17.3. The van der Waals surface area contributed by atoms with Crippen LogP contribution in [0.25, 0.3) is 22.2 Å². The van der Waals surface area contributed by atoms with Crippen LogP contribution >= 0.6 is 23.2 Å². The zero-order chi connectivity index (χ0) is 22.1. The fourth-order valence-electron chi connectivity index (χ4n) is 4.22. The van der Waals surface area contributed by atoms with Crippen LogP contribution in [0.2, 0.25) is 10.0 Å². The first-order chi connectivity index (χ1) is 15.6. The number of halogens is 2. The monoisotopic (exact) mass is 465 g/mol. The number of furan rings is 1. The second-order valence-corrected chi connectivity index (χ2v) is 8.83. The van der Waals surface area contributed by atoms with E-state index in [0.717, 1.165) is 37.1 Å². The van der Waals surface area contributed by atoms with Crippen LogP contribution in [-0.2, 0) is 0 Å². The molecule has 0 radical (unpaired) electrons. The molecular weight excluding hydrogens is 445 g/mol. The summed E-state index contributed by atoms with van der Waals surface area (Å²) in [5.74, 6) is 2.12. The van der Waals surface area contributed by atoms with Gasteiger partial charge in [0.15, 0.2) is 0 Å². The van der Waals surface area contributed by atoms with Crippen LogP contribution in [0.5, 0.6) is 0 Å². The van der Waals surface area contributed by atoms with Gasteiger partial charge in [0, 0.05) is 11.5 Å². The molecule has 0 amide bonds. The molecule has 32 heavy (non-hydrogen) atoms. The molecule has 4 aromatic rings. The third-order valence-corrected chi connectivity index (χ3v) is 6.62. The lowest BCUT2D eigenvalue weighted by molar-refractivity contribution is 0.416. The quantitative estimate of drug-likeness (QED) is 0.308. The van der Waals surface area contributed by atoms with E-state index in [9.17, 15) is 4.79 Å². The van der Waals surface area contributed by atoms with Crippen molar-refractivity contribution in [3.05, 3.63) is 86.6 Å². The highest BCUT2D eigenvalue weighted by atomic mass is 35.5. The summed E-state index contributed by atoms with van der Waals surface area (Å²) in [5, 5.41) is 6.02. The third kappa shape index (κ3) is 4.10. The van der Waals surface area contributed by atoms with E-state index < -0.39 is 0 Å². The van der Waals surface area contributed by atoms with Gasteiger partial charge in [-0.1, -0.05) is 54.6 Å². The van der Waals surface area contributed by atoms with E-state index in [1.54, 1.807) is 30.5 Å². The highest BCUT2D eigenvalue weighted by molar-refractivity contribution is 6.42. The first-order valence-electron chi connectivity index (χ1n) is 10.7. The van der Waals surface area contributed by atoms with Crippen molar-refractivity contribution in [1.29, 1.82) is 0 Å². The summed E-state index contributed by atoms with van der Waals surface area (Å²) in [5.41, 5.74) is 1.36. The van der Waals surface area contributed by atoms with Gasteiger partial charge in [-0.25, -0.2) is 4.98 Å². The number of rotatable bonds is 4. The van der Waals surface area contributed by atoms with Crippen LogP contribution in [0.4, 0.5) is 0 Å². The molecule has 1 aliphatic carbocycles. The molecule has 162 valence electrons. The summed E-state index contributed by atoms with van der Waals surface area (Å²) in [6.07, 6.45) is 7.10. The van der Waals surface area contributed by atoms with Crippen LogP contribution in [0.3, 0.4) is 0 Å². The van der Waals surface area contributed by atoms with Crippen LogP contribution in [0, 0.1) is 0 Å². The van der Waals surface area contributed by atoms with Crippen LogP contribution < -0.4 is 5.56 Å². The average molecular weight is 466 g/mol. The number of aromatic nitrogens is 2. The second-order valence-electron chi connectivity index (χ2n) is 8.01. The Kier molecular flexibility index (Phi) is 5.85. The summed E-state index contributed by atoms with van der Waals surface area (Å²) in [7, 11) is 0. The maximum absolute atomic E-state index is 13.3. The average Bonchev–Trinajstić information content (AvgIpc) is 3.30. The minimum atomic E-state index is -0.163. The molecule has 5 rings (SSSR count). The Balaban J connectivity index is 1.53. The summed E-state index contributed by atoms with van der Waals surface area (Å²) >= 11 is 12.1. The molecule has 0 bridgehead atoms. The molecule has 1 fully saturated rings. The van der Waals surface area contributed by atoms with E-state index in [0.29, 0.717) is 32.5 Å². The normalized spacial score (nSPS) is 15.1. The Bertz CT molecular complexity index is 1370. The molecule has 0 unspecified atom stereocenters. The topological polar surface area (TPSA) is 60.4 Å². The van der Waals surface area contributed by atoms with E-state index in [1.165, 1.54) is 11.1 Å². The SMILES string of the molecule is O=c1c2ccccc2nc(C2CCCCC2)n1N=Cc1ccc(-c2ccc(Cl)c(Cl)c2)o1. The molecule has 2 heterocycles. The number of benzene rings is 2. The Morgan fingerprint density at radius 1 is 1.00 bits per heavy atom. The summed E-state index contributed by atoms with van der Waals surface area (Å²) in [4.78, 5) is 18.1. The second kappa shape index (κ2) is 8.93. The number of hydrogen-bond acceptors (Lipinski definition) is 4. The van der Waals surface area contributed by atoms with Crippen molar-refractivity contribution in [2.24, 2.45) is 5.10 Å². The molecule has 0 aliphatic heterocycles. The summed E-state index contributed by atoms with van der Waals surface area (Å²) in [6, 6.07) is 16.4. The third-order valence-electron chi connectivity index (χ3n) is 5.88. The molecule has 7 heteroatoms. The van der Waals surface area contributed by atoms with E-state index in [1.807, 2.05) is 30.3 Å². The fourth-order valence-corrected chi connectivity index (χ4v) is 4.52. The largest absolute Gasteiger partial charge is 0.455 e. The van der Waals surface area contributed by atoms with Gasteiger partial charge in [0.25, 0.3) is 5.56 Å². The first-order valence-corrected chi connectivity index (χ1v) is 11.5. The van der Waals surface area contributed by atoms with Crippen LogP contribution in [0.15, 0.2) is 68.9 Å². The Labute approximate surface area is 195 Å². The van der Waals surface area contributed by atoms with Crippen LogP contribution in [-0.4, -0.2) is 15.9 Å². The zero-order valence-corrected chi connectivity index (χ0v) is 18.8. The molecule has 1 aliphatic rings. The van der Waals surface area contributed by atoms with Crippen LogP contribution in [0.1, 0.15) is 49.6 Å². The lowest BCUT2D eigenvalue weighted by Gasteiger charge is -2.22. The molecule has 1 saturated carbocycles. The van der Waals surface area contributed by atoms with E-state index in [2.05, 4.69) is 5.10 Å². The molecule has 0 spiro atoms. The lowest BCUT2D eigenvalue weighted by Crippen LogP contribution is -2.25. The molecule has 0 N–H and O–H groups in total. The predicted molar refractivity (Wildman–Crippen MR) is 129 cm³/mol. The Morgan fingerprint density at radius 3 is 2.62 bits per heavy atom. The Hall–Kier alpha value is -2.89. The van der Waals surface area contributed by atoms with Gasteiger partial charge in [-0.3, -0.25) is 4.79 Å². The predicted octanol–water partition coefficient (Wildman–Crippen LogP) is 6.89. The highest BCUT2D eigenvalue weighted by Gasteiger charge is 2.22. The van der Waals surface area contributed by atoms with Gasteiger partial charge in [0.1, 0.15) is 17.3 Å². The standard InChI is InChI=1S/C25H21Cl2N3O2/c26-20-12-10-17(14-21(20)27)23-13-11-18(32-23)15-28-30-24(16-6-2-1-3-7-16)29-22-9-5-4-8-19(22)25(30)31/h4-5,8-16H,1-3,6-7H2. The van der Waals surface area contributed by atoms with Crippen molar-refractivity contribution >= 4 is 40.3 Å². The van der Waals surface area contributed by atoms with Crippen molar-refractivity contribution in [1.82, 2.24) is 9.66 Å². The number of fused-ring (bicyclic) bond motifs is 1. The maximum atomic E-state index is 13.3. The highest BCUT2D eigenvalue weighted by Crippen LogP contribution is 2.32. The smallest absolute Gasteiger partial charge is 0.282 e. The molecule has 5 nitrogen and oxygen atoms in total. The first kappa shape index (κ1) is 21.0. The van der Waals surface area contributed by atoms with Gasteiger partial charge in [-0.05, 0) is 55.3 Å². The van der Waals surface area contributed by atoms with Gasteiger partial charge in [0.2, 0.25) is 0 Å². The van der Waals surface area contributed by atoms with Crippen molar-refractivity contribution < 1.29 is 4.42 Å². The molecule has 2 aromatic carbocycles. The Morgan fingerprint density at radius 2 is 1.81 bits per heavy atom. The number of para-hydroxylation sites is 1. The number of nitrogens with zero attached hydrogens (tertiary/aromatic N) is 3. The molecule has 0 atom stereocenters. The van der Waals surface area contributed by atoms with E-state index >= 15 is 0 Å². The maximum Gasteiger partial charge on any atom is 0.282 e. The van der Waals surface area contributed by atoms with Crippen molar-refractivity contribution in [2.45, 2.75) is 38.0 Å². The van der Waals surface area contributed by atoms with E-state index in [-0.39, 0.29) is 11.5 Å². The molecule has 0 saturated heterocycles. The van der Waals surface area contributed by atoms with Gasteiger partial charge in [-0.2, -0.15) is 9.78 Å². The fraction of sp³-hybridized carbons (Fsp3) is 0.240. The van der Waals surface area contributed by atoms with E-state index in [4.69, 9.17) is 32.6 Å². The minimum absolute atomic E-state index is 0.163. The van der Waals surface area contributed by atoms with Crippen molar-refractivity contribution in [3.63, 3.8) is 0 Å². The summed E-state index contributed by atoms with van der Waals surface area (Å²) < 4.78 is 7.36. The summed E-state index contributed by atoms with van der Waals surface area (Å²) in [6.45, 7) is 0. The minimum Gasteiger partial charge on any atom is -0.455 e. The molecule has 2 aromatic heterocycles. The van der Waals surface area contributed by atoms with Gasteiger partial charge in [0.05, 0.1) is 27.2 Å². The van der Waals surface area contributed by atoms with Gasteiger partial charge >= 0.3 is 0 Å². The lowest BCUT2D eigenvalue weighted by atomic mass is 9.88.